The van der Waals surface area contributed by atoms with Crippen molar-refractivity contribution in [2.45, 2.75) is 47.1 Å². The summed E-state index contributed by atoms with van der Waals surface area (Å²) in [5, 5.41) is 12.1. The average Bonchev–Trinajstić information content (AvgIpc) is 2.26. The van der Waals surface area contributed by atoms with E-state index in [0.717, 1.165) is 16.7 Å². The molecule has 0 heterocycles. The first kappa shape index (κ1) is 15.7. The maximum atomic E-state index is 12.4. The fourth-order valence-corrected chi connectivity index (χ4v) is 2.49. The van der Waals surface area contributed by atoms with Crippen LogP contribution in [0.15, 0.2) is 12.1 Å². The Labute approximate surface area is 116 Å². The zero-order valence-electron chi connectivity index (χ0n) is 12.6. The molecule has 0 aliphatic rings. The third kappa shape index (κ3) is 4.06. The second kappa shape index (κ2) is 6.71. The van der Waals surface area contributed by atoms with Gasteiger partial charge in [0.05, 0.1) is 0 Å². The lowest BCUT2D eigenvalue weighted by molar-refractivity contribution is 0.0915. The number of aryl methyl sites for hydroxylation is 3. The number of amides is 1. The summed E-state index contributed by atoms with van der Waals surface area (Å²) >= 11 is 0. The highest BCUT2D eigenvalue weighted by Crippen LogP contribution is 2.17. The van der Waals surface area contributed by atoms with Crippen molar-refractivity contribution in [2.75, 3.05) is 6.61 Å². The topological polar surface area (TPSA) is 49.3 Å². The van der Waals surface area contributed by atoms with E-state index in [9.17, 15) is 4.79 Å². The van der Waals surface area contributed by atoms with Gasteiger partial charge in [-0.15, -0.1) is 0 Å². The van der Waals surface area contributed by atoms with Gasteiger partial charge in [-0.1, -0.05) is 31.5 Å². The van der Waals surface area contributed by atoms with Gasteiger partial charge >= 0.3 is 0 Å². The Morgan fingerprint density at radius 3 is 2.16 bits per heavy atom. The molecule has 19 heavy (non-hydrogen) atoms. The van der Waals surface area contributed by atoms with Gasteiger partial charge in [0.15, 0.2) is 0 Å². The minimum Gasteiger partial charge on any atom is -0.396 e. The summed E-state index contributed by atoms with van der Waals surface area (Å²) in [6.07, 6.45) is 0.591. The third-order valence-electron chi connectivity index (χ3n) is 3.47. The fraction of sp³-hybridized carbons (Fsp3) is 0.562. The molecule has 1 atom stereocenters. The first-order valence-electron chi connectivity index (χ1n) is 6.86. The summed E-state index contributed by atoms with van der Waals surface area (Å²) < 4.78 is 0. The molecule has 1 aromatic rings. The van der Waals surface area contributed by atoms with Crippen molar-refractivity contribution in [2.24, 2.45) is 5.92 Å². The normalized spacial score (nSPS) is 12.6. The van der Waals surface area contributed by atoms with E-state index in [1.807, 2.05) is 32.9 Å². The Morgan fingerprint density at radius 2 is 1.74 bits per heavy atom. The van der Waals surface area contributed by atoms with Crippen LogP contribution in [0, 0.1) is 26.7 Å². The van der Waals surface area contributed by atoms with Gasteiger partial charge < -0.3 is 10.4 Å². The molecule has 0 saturated carbocycles. The van der Waals surface area contributed by atoms with Crippen LogP contribution in [0.4, 0.5) is 0 Å². The molecule has 106 valence electrons. The number of nitrogens with one attached hydrogen (secondary N) is 1. The smallest absolute Gasteiger partial charge is 0.252 e. The first-order valence-corrected chi connectivity index (χ1v) is 6.86. The van der Waals surface area contributed by atoms with Crippen molar-refractivity contribution < 1.29 is 9.90 Å². The molecule has 0 bridgehead atoms. The summed E-state index contributed by atoms with van der Waals surface area (Å²) in [5.41, 5.74) is 3.93. The minimum absolute atomic E-state index is 0.0117. The maximum Gasteiger partial charge on any atom is 0.252 e. The number of aliphatic hydroxyl groups excluding tert-OH is 1. The Bertz CT molecular complexity index is 429. The van der Waals surface area contributed by atoms with E-state index in [0.29, 0.717) is 12.3 Å². The van der Waals surface area contributed by atoms with Crippen LogP contribution in [0.3, 0.4) is 0 Å². The number of rotatable bonds is 5. The van der Waals surface area contributed by atoms with Crippen LogP contribution < -0.4 is 5.32 Å². The van der Waals surface area contributed by atoms with Gasteiger partial charge in [-0.3, -0.25) is 4.79 Å². The van der Waals surface area contributed by atoms with E-state index in [1.54, 1.807) is 0 Å². The largest absolute Gasteiger partial charge is 0.396 e. The van der Waals surface area contributed by atoms with Gasteiger partial charge in [0.25, 0.3) is 5.91 Å². The standard InChI is InChI=1S/C16H25NO2/c1-10(2)14(6-7-18)17-16(19)15-12(4)8-11(3)9-13(15)5/h8-10,14,18H,6-7H2,1-5H3,(H,17,19). The Hall–Kier alpha value is -1.35. The first-order chi connectivity index (χ1) is 8.86. The third-order valence-corrected chi connectivity index (χ3v) is 3.47. The van der Waals surface area contributed by atoms with Gasteiger partial charge in [0.2, 0.25) is 0 Å². The number of hydrogen-bond acceptors (Lipinski definition) is 2. The summed E-state index contributed by atoms with van der Waals surface area (Å²) in [6.45, 7) is 10.2. The van der Waals surface area contributed by atoms with E-state index in [4.69, 9.17) is 5.11 Å². The number of hydrogen-bond donors (Lipinski definition) is 2. The highest BCUT2D eigenvalue weighted by atomic mass is 16.3. The molecule has 1 amide bonds. The van der Waals surface area contributed by atoms with Crippen molar-refractivity contribution in [3.8, 4) is 0 Å². The predicted octanol–water partition coefficient (Wildman–Crippen LogP) is 2.75. The van der Waals surface area contributed by atoms with Gasteiger partial charge in [-0.25, -0.2) is 0 Å². The molecule has 3 heteroatoms. The molecule has 0 aliphatic heterocycles. The Balaban J connectivity index is 2.94. The van der Waals surface area contributed by atoms with Gasteiger partial charge in [0.1, 0.15) is 0 Å². The molecule has 1 rings (SSSR count). The molecule has 1 aromatic carbocycles. The molecule has 3 nitrogen and oxygen atoms in total. The van der Waals surface area contributed by atoms with Crippen LogP contribution in [0.2, 0.25) is 0 Å². The minimum atomic E-state index is -0.0397. The zero-order chi connectivity index (χ0) is 14.6. The molecule has 0 fully saturated rings. The van der Waals surface area contributed by atoms with Gasteiger partial charge in [0, 0.05) is 18.2 Å². The number of benzene rings is 1. The molecule has 0 aromatic heterocycles. The molecular formula is C16H25NO2. The second-order valence-corrected chi connectivity index (χ2v) is 5.61. The van der Waals surface area contributed by atoms with Crippen molar-refractivity contribution in [1.29, 1.82) is 0 Å². The molecule has 1 unspecified atom stereocenters. The van der Waals surface area contributed by atoms with Crippen LogP contribution in [0.1, 0.15) is 47.3 Å². The van der Waals surface area contributed by atoms with E-state index in [2.05, 4.69) is 19.2 Å². The van der Waals surface area contributed by atoms with E-state index in [1.165, 1.54) is 5.56 Å². The highest BCUT2D eigenvalue weighted by Gasteiger charge is 2.19. The molecule has 0 aliphatic carbocycles. The molecule has 0 saturated heterocycles. The van der Waals surface area contributed by atoms with Crippen molar-refractivity contribution in [3.05, 3.63) is 34.4 Å². The van der Waals surface area contributed by atoms with Crippen LogP contribution in [0.5, 0.6) is 0 Å². The average molecular weight is 263 g/mol. The monoisotopic (exact) mass is 263 g/mol. The number of aliphatic hydroxyl groups is 1. The van der Waals surface area contributed by atoms with Crippen LogP contribution in [0.25, 0.3) is 0 Å². The van der Waals surface area contributed by atoms with Gasteiger partial charge in [-0.2, -0.15) is 0 Å². The summed E-state index contributed by atoms with van der Waals surface area (Å²) in [5.74, 6) is 0.268. The van der Waals surface area contributed by atoms with Crippen LogP contribution >= 0.6 is 0 Å². The quantitative estimate of drug-likeness (QED) is 0.858. The van der Waals surface area contributed by atoms with Crippen molar-refractivity contribution >= 4 is 5.91 Å². The maximum absolute atomic E-state index is 12.4. The van der Waals surface area contributed by atoms with Gasteiger partial charge in [-0.05, 0) is 44.2 Å². The lowest BCUT2D eigenvalue weighted by Crippen LogP contribution is -2.39. The van der Waals surface area contributed by atoms with Crippen LogP contribution in [-0.4, -0.2) is 23.7 Å². The number of carbonyl (C=O) groups is 1. The SMILES string of the molecule is Cc1cc(C)c(C(=O)NC(CCO)C(C)C)c(C)c1. The van der Waals surface area contributed by atoms with Crippen molar-refractivity contribution in [3.63, 3.8) is 0 Å². The van der Waals surface area contributed by atoms with Crippen molar-refractivity contribution in [1.82, 2.24) is 5.32 Å². The van der Waals surface area contributed by atoms with E-state index in [-0.39, 0.29) is 18.6 Å². The Morgan fingerprint density at radius 1 is 1.21 bits per heavy atom. The highest BCUT2D eigenvalue weighted by molar-refractivity contribution is 5.97. The molecular weight excluding hydrogens is 238 g/mol. The molecule has 2 N–H and O–H groups in total. The second-order valence-electron chi connectivity index (χ2n) is 5.61. The zero-order valence-corrected chi connectivity index (χ0v) is 12.6. The fourth-order valence-electron chi connectivity index (χ4n) is 2.49. The molecule has 0 radical (unpaired) electrons. The lowest BCUT2D eigenvalue weighted by Gasteiger charge is -2.22. The lowest BCUT2D eigenvalue weighted by atomic mass is 9.97. The van der Waals surface area contributed by atoms with E-state index >= 15 is 0 Å². The summed E-state index contributed by atoms with van der Waals surface area (Å²) in [7, 11) is 0. The summed E-state index contributed by atoms with van der Waals surface area (Å²) in [4.78, 5) is 12.4. The number of carbonyl (C=O) groups excluding carboxylic acids is 1. The molecule has 0 spiro atoms. The Kier molecular flexibility index (Phi) is 5.55. The summed E-state index contributed by atoms with van der Waals surface area (Å²) in [6, 6.07) is 4.06. The predicted molar refractivity (Wildman–Crippen MR) is 78.4 cm³/mol. The van der Waals surface area contributed by atoms with E-state index < -0.39 is 0 Å². The van der Waals surface area contributed by atoms with Crippen LogP contribution in [-0.2, 0) is 0 Å².